The molecule has 0 radical (unpaired) electrons. The van der Waals surface area contributed by atoms with Gasteiger partial charge in [-0.2, -0.15) is 5.10 Å². The highest BCUT2D eigenvalue weighted by molar-refractivity contribution is 6.46. The van der Waals surface area contributed by atoms with Crippen LogP contribution in [-0.2, 0) is 4.79 Å². The van der Waals surface area contributed by atoms with Gasteiger partial charge in [-0.25, -0.2) is 0 Å². The van der Waals surface area contributed by atoms with Crippen LogP contribution in [0.2, 0.25) is 10.0 Å². The number of ether oxygens (including phenoxy) is 1. The van der Waals surface area contributed by atoms with Gasteiger partial charge < -0.3 is 15.9 Å². The monoisotopic (exact) mass is 409 g/mol. The number of hydrogen-bond donors (Lipinski definition) is 2. The maximum Gasteiger partial charge on any atom is 0.180 e. The molecule has 0 unspecified atom stereocenters. The first-order valence-corrected chi connectivity index (χ1v) is 9.19. The first-order valence-electron chi connectivity index (χ1n) is 8.43. The van der Waals surface area contributed by atoms with E-state index >= 15 is 0 Å². The van der Waals surface area contributed by atoms with Gasteiger partial charge in [-0.1, -0.05) is 35.7 Å². The average molecular weight is 410 g/mol. The number of Topliss-reactive ketones (excluding diaryl/α,β-unsaturated/α-hetero) is 1. The lowest BCUT2D eigenvalue weighted by atomic mass is 10.1. The molecule has 7 heteroatoms. The summed E-state index contributed by atoms with van der Waals surface area (Å²) >= 11 is 12.6. The Bertz CT molecular complexity index is 802. The fourth-order valence-electron chi connectivity index (χ4n) is 2.10. The Hall–Kier alpha value is -2.24. The predicted octanol–water partition coefficient (Wildman–Crippen LogP) is 4.99. The molecule has 0 bridgehead atoms. The molecule has 1 aromatic carbocycles. The molecule has 0 aliphatic heterocycles. The number of allylic oxidation sites excluding steroid dienone is 5. The third-order valence-corrected chi connectivity index (χ3v) is 4.13. The highest BCUT2D eigenvalue weighted by atomic mass is 35.5. The van der Waals surface area contributed by atoms with Gasteiger partial charge in [0.25, 0.3) is 0 Å². The number of benzene rings is 1. The molecule has 0 saturated carbocycles. The Morgan fingerprint density at radius 2 is 1.81 bits per heavy atom. The van der Waals surface area contributed by atoms with Crippen LogP contribution in [0.1, 0.15) is 39.7 Å². The largest absolute Gasteiger partial charge is 0.459 e. The van der Waals surface area contributed by atoms with Crippen molar-refractivity contribution in [1.82, 2.24) is 5.43 Å². The maximum atomic E-state index is 11.7. The van der Waals surface area contributed by atoms with E-state index in [0.29, 0.717) is 22.8 Å². The number of nitrogens with two attached hydrogens (primary N) is 1. The van der Waals surface area contributed by atoms with Crippen molar-refractivity contribution in [3.05, 3.63) is 63.0 Å². The molecule has 0 spiro atoms. The highest BCUT2D eigenvalue weighted by Gasteiger charge is 2.16. The molecule has 0 aliphatic carbocycles. The Kier molecular flexibility index (Phi) is 9.12. The van der Waals surface area contributed by atoms with E-state index in [9.17, 15) is 4.79 Å². The summed E-state index contributed by atoms with van der Waals surface area (Å²) in [6, 6.07) is 3.18. The summed E-state index contributed by atoms with van der Waals surface area (Å²) in [6.07, 6.45) is 6.32. The van der Waals surface area contributed by atoms with Crippen molar-refractivity contribution in [3.63, 3.8) is 0 Å². The summed E-state index contributed by atoms with van der Waals surface area (Å²) < 4.78 is 5.75. The Morgan fingerprint density at radius 3 is 2.30 bits per heavy atom. The second-order valence-corrected chi connectivity index (χ2v) is 6.71. The van der Waals surface area contributed by atoms with Gasteiger partial charge in [0.1, 0.15) is 11.5 Å². The van der Waals surface area contributed by atoms with E-state index in [1.54, 1.807) is 38.3 Å². The van der Waals surface area contributed by atoms with Gasteiger partial charge in [-0.05, 0) is 50.6 Å². The van der Waals surface area contributed by atoms with Crippen LogP contribution in [0, 0.1) is 0 Å². The normalized spacial score (nSPS) is 13.6. The van der Waals surface area contributed by atoms with E-state index in [0.717, 1.165) is 6.42 Å². The second kappa shape index (κ2) is 10.8. The standard InChI is InChI=1S/C20H25Cl2N3O2/c1-6-12(2)9-16(23)8-7-13(3)27-20-17(21)10-15(11-18(20)22)19(14(4)26)25-24-5/h7-11,24H,6,23H2,1-5H3/b12-9+,13-7+,16-8-,25-19+. The van der Waals surface area contributed by atoms with Gasteiger partial charge in [-0.3, -0.25) is 4.79 Å². The summed E-state index contributed by atoms with van der Waals surface area (Å²) in [6.45, 7) is 7.27. The molecule has 0 aliphatic rings. The highest BCUT2D eigenvalue weighted by Crippen LogP contribution is 2.35. The van der Waals surface area contributed by atoms with Crippen LogP contribution < -0.4 is 15.9 Å². The summed E-state index contributed by atoms with van der Waals surface area (Å²) in [7, 11) is 1.61. The topological polar surface area (TPSA) is 76.7 Å². The molecule has 1 aromatic rings. The SMILES string of the molecule is CC/C(C)=C/C(N)=C/C=C(\C)Oc1c(Cl)cc(/C(=N/NC)C(C)=O)cc1Cl. The minimum absolute atomic E-state index is 0.211. The number of ketones is 1. The number of nitrogens with zero attached hydrogens (tertiary/aromatic N) is 1. The molecule has 0 amide bonds. The van der Waals surface area contributed by atoms with E-state index in [4.69, 9.17) is 33.7 Å². The quantitative estimate of drug-likeness (QED) is 0.274. The van der Waals surface area contributed by atoms with Crippen LogP contribution in [0.3, 0.4) is 0 Å². The molecule has 146 valence electrons. The molecule has 0 saturated heterocycles. The fourth-order valence-corrected chi connectivity index (χ4v) is 2.66. The van der Waals surface area contributed by atoms with Gasteiger partial charge in [0.15, 0.2) is 11.5 Å². The van der Waals surface area contributed by atoms with E-state index < -0.39 is 0 Å². The van der Waals surface area contributed by atoms with Crippen molar-refractivity contribution in [1.29, 1.82) is 0 Å². The minimum atomic E-state index is -0.211. The van der Waals surface area contributed by atoms with Crippen LogP contribution in [0.5, 0.6) is 5.75 Å². The molecule has 0 heterocycles. The van der Waals surface area contributed by atoms with Crippen molar-refractivity contribution >= 4 is 34.7 Å². The fraction of sp³-hybridized carbons (Fsp3) is 0.300. The predicted molar refractivity (Wildman–Crippen MR) is 113 cm³/mol. The first kappa shape index (κ1) is 22.8. The number of halogens is 2. The zero-order valence-electron chi connectivity index (χ0n) is 16.2. The summed E-state index contributed by atoms with van der Waals surface area (Å²) in [5.74, 6) is 0.653. The Labute approximate surface area is 170 Å². The Balaban J connectivity index is 3.12. The summed E-state index contributed by atoms with van der Waals surface area (Å²) in [5.41, 5.74) is 11.1. The summed E-state index contributed by atoms with van der Waals surface area (Å²) in [4.78, 5) is 11.7. The molecule has 5 nitrogen and oxygen atoms in total. The van der Waals surface area contributed by atoms with Gasteiger partial charge in [0.2, 0.25) is 0 Å². The molecule has 27 heavy (non-hydrogen) atoms. The lowest BCUT2D eigenvalue weighted by Crippen LogP contribution is -2.15. The average Bonchev–Trinajstić information content (AvgIpc) is 2.60. The van der Waals surface area contributed by atoms with Crippen LogP contribution in [0.4, 0.5) is 0 Å². The van der Waals surface area contributed by atoms with E-state index in [2.05, 4.69) is 17.5 Å². The lowest BCUT2D eigenvalue weighted by molar-refractivity contribution is -0.111. The number of rotatable bonds is 8. The number of hydrogen-bond acceptors (Lipinski definition) is 5. The zero-order chi connectivity index (χ0) is 20.6. The van der Waals surface area contributed by atoms with E-state index in [1.165, 1.54) is 12.5 Å². The van der Waals surface area contributed by atoms with Crippen molar-refractivity contribution < 1.29 is 9.53 Å². The third-order valence-electron chi connectivity index (χ3n) is 3.57. The van der Waals surface area contributed by atoms with Crippen molar-refractivity contribution in [2.45, 2.75) is 34.1 Å². The van der Waals surface area contributed by atoms with Crippen molar-refractivity contribution in [3.8, 4) is 5.75 Å². The van der Waals surface area contributed by atoms with Crippen LogP contribution in [0.25, 0.3) is 0 Å². The molecule has 1 rings (SSSR count). The van der Waals surface area contributed by atoms with E-state index in [-0.39, 0.29) is 21.5 Å². The van der Waals surface area contributed by atoms with E-state index in [1.807, 2.05) is 13.0 Å². The smallest absolute Gasteiger partial charge is 0.180 e. The lowest BCUT2D eigenvalue weighted by Gasteiger charge is -2.12. The molecular weight excluding hydrogens is 385 g/mol. The minimum Gasteiger partial charge on any atom is -0.459 e. The van der Waals surface area contributed by atoms with Gasteiger partial charge in [0.05, 0.1) is 10.0 Å². The van der Waals surface area contributed by atoms with Crippen LogP contribution >= 0.6 is 23.2 Å². The first-order chi connectivity index (χ1) is 12.7. The number of carbonyl (C=O) groups excluding carboxylic acids is 1. The molecule has 0 aromatic heterocycles. The van der Waals surface area contributed by atoms with Crippen molar-refractivity contribution in [2.75, 3.05) is 7.05 Å². The van der Waals surface area contributed by atoms with Crippen molar-refractivity contribution in [2.24, 2.45) is 10.8 Å². The maximum absolute atomic E-state index is 11.7. The molecule has 3 N–H and O–H groups in total. The zero-order valence-corrected chi connectivity index (χ0v) is 17.7. The van der Waals surface area contributed by atoms with Gasteiger partial charge in [0, 0.05) is 25.2 Å². The Morgan fingerprint density at radius 1 is 1.22 bits per heavy atom. The second-order valence-electron chi connectivity index (χ2n) is 5.90. The molecule has 0 fully saturated rings. The van der Waals surface area contributed by atoms with Crippen LogP contribution in [0.15, 0.2) is 52.5 Å². The molecule has 0 atom stereocenters. The van der Waals surface area contributed by atoms with Crippen LogP contribution in [-0.4, -0.2) is 18.5 Å². The summed E-state index contributed by atoms with van der Waals surface area (Å²) in [5, 5.41) is 4.51. The van der Waals surface area contributed by atoms with Gasteiger partial charge in [-0.15, -0.1) is 0 Å². The van der Waals surface area contributed by atoms with Gasteiger partial charge >= 0.3 is 0 Å². The number of carbonyl (C=O) groups is 1. The number of hydrazone groups is 1. The molecular formula is C20H25Cl2N3O2. The number of nitrogens with one attached hydrogen (secondary N) is 1. The third kappa shape index (κ3) is 7.12.